The molecule has 0 radical (unpaired) electrons. The molecule has 0 saturated heterocycles. The molecule has 0 aliphatic carbocycles. The minimum absolute atomic E-state index is 0.0791. The zero-order valence-electron chi connectivity index (χ0n) is 13.9. The Labute approximate surface area is 164 Å². The summed E-state index contributed by atoms with van der Waals surface area (Å²) in [5, 5.41) is 7.19. The van der Waals surface area contributed by atoms with Crippen LogP contribution in [0, 0.1) is 13.8 Å². The van der Waals surface area contributed by atoms with Crippen molar-refractivity contribution in [1.29, 1.82) is 0 Å². The van der Waals surface area contributed by atoms with E-state index in [2.05, 4.69) is 10.3 Å². The van der Waals surface area contributed by atoms with Gasteiger partial charge in [-0.2, -0.15) is 0 Å². The fraction of sp³-hybridized carbons (Fsp3) is 0.176. The Kier molecular flexibility index (Phi) is 5.47. The van der Waals surface area contributed by atoms with E-state index >= 15 is 0 Å². The number of nitrogens with one attached hydrogen (secondary N) is 1. The summed E-state index contributed by atoms with van der Waals surface area (Å²) in [5.41, 5.74) is 1.11. The Balaban J connectivity index is 1.83. The largest absolute Gasteiger partial charge is 0.324 e. The SMILES string of the molecule is Cc1nc(C)c(CC(=O)Nc2cscc2S(=O)(=O)c2ccc(Cl)cc2)s1. The third kappa shape index (κ3) is 3.98. The number of rotatable bonds is 5. The van der Waals surface area contributed by atoms with E-state index in [1.54, 1.807) is 5.38 Å². The highest BCUT2D eigenvalue weighted by molar-refractivity contribution is 7.91. The van der Waals surface area contributed by atoms with Gasteiger partial charge in [-0.1, -0.05) is 11.6 Å². The molecule has 0 saturated carbocycles. The second-order valence-corrected chi connectivity index (χ2v) is 9.96. The first-order valence-corrected chi connectivity index (χ1v) is 11.2. The standard InChI is InChI=1S/C17H15ClN2O3S3/c1-10-15(25-11(2)19-10)7-17(21)20-14-8-24-9-16(14)26(22,23)13-5-3-12(18)4-6-13/h3-6,8-9H,7H2,1-2H3,(H,20,21). The summed E-state index contributed by atoms with van der Waals surface area (Å²) in [6.45, 7) is 3.74. The van der Waals surface area contributed by atoms with Crippen molar-refractivity contribution in [2.24, 2.45) is 0 Å². The van der Waals surface area contributed by atoms with Crippen LogP contribution in [0.1, 0.15) is 15.6 Å². The number of carbonyl (C=O) groups excluding carboxylic acids is 1. The molecule has 0 atom stereocenters. The molecule has 2 heterocycles. The minimum atomic E-state index is -3.74. The van der Waals surface area contributed by atoms with Crippen LogP contribution in [0.25, 0.3) is 0 Å². The molecule has 0 bridgehead atoms. The monoisotopic (exact) mass is 426 g/mol. The molecular weight excluding hydrogens is 412 g/mol. The molecule has 3 rings (SSSR count). The van der Waals surface area contributed by atoms with Gasteiger partial charge in [0.2, 0.25) is 15.7 Å². The number of carbonyl (C=O) groups is 1. The van der Waals surface area contributed by atoms with E-state index in [4.69, 9.17) is 11.6 Å². The maximum atomic E-state index is 12.8. The number of anilines is 1. The third-order valence-electron chi connectivity index (χ3n) is 3.63. The van der Waals surface area contributed by atoms with Crippen LogP contribution >= 0.6 is 34.3 Å². The molecular formula is C17H15ClN2O3S3. The molecule has 9 heteroatoms. The van der Waals surface area contributed by atoms with Crippen molar-refractivity contribution < 1.29 is 13.2 Å². The Morgan fingerprint density at radius 1 is 1.19 bits per heavy atom. The quantitative estimate of drug-likeness (QED) is 0.652. The number of sulfone groups is 1. The van der Waals surface area contributed by atoms with Crippen LogP contribution in [-0.4, -0.2) is 19.3 Å². The predicted octanol–water partition coefficient (Wildman–Crippen LogP) is 4.49. The van der Waals surface area contributed by atoms with E-state index < -0.39 is 9.84 Å². The van der Waals surface area contributed by atoms with Gasteiger partial charge in [0.25, 0.3) is 0 Å². The summed E-state index contributed by atoms with van der Waals surface area (Å²) in [6, 6.07) is 5.94. The van der Waals surface area contributed by atoms with Crippen LogP contribution in [0.3, 0.4) is 0 Å². The lowest BCUT2D eigenvalue weighted by molar-refractivity contribution is -0.115. The van der Waals surface area contributed by atoms with Gasteiger partial charge in [0.1, 0.15) is 4.90 Å². The number of hydrogen-bond acceptors (Lipinski definition) is 6. The molecule has 0 spiro atoms. The third-order valence-corrected chi connectivity index (χ3v) is 7.66. The Hall–Kier alpha value is -1.74. The lowest BCUT2D eigenvalue weighted by Gasteiger charge is -2.08. The normalized spacial score (nSPS) is 11.5. The maximum absolute atomic E-state index is 12.8. The van der Waals surface area contributed by atoms with Crippen molar-refractivity contribution >= 4 is 55.7 Å². The molecule has 0 aliphatic rings. The Morgan fingerprint density at radius 2 is 1.88 bits per heavy atom. The highest BCUT2D eigenvalue weighted by atomic mass is 35.5. The summed E-state index contributed by atoms with van der Waals surface area (Å²) >= 11 is 8.50. The summed E-state index contributed by atoms with van der Waals surface area (Å²) in [6.07, 6.45) is 0.160. The summed E-state index contributed by atoms with van der Waals surface area (Å²) in [4.78, 5) is 17.7. The molecule has 136 valence electrons. The van der Waals surface area contributed by atoms with Crippen molar-refractivity contribution in [2.75, 3.05) is 5.32 Å². The first-order chi connectivity index (χ1) is 12.3. The smallest absolute Gasteiger partial charge is 0.229 e. The number of amides is 1. The Morgan fingerprint density at radius 3 is 2.50 bits per heavy atom. The lowest BCUT2D eigenvalue weighted by atomic mass is 10.3. The molecule has 0 fully saturated rings. The van der Waals surface area contributed by atoms with Gasteiger partial charge in [0.15, 0.2) is 0 Å². The van der Waals surface area contributed by atoms with Crippen molar-refractivity contribution in [3.8, 4) is 0 Å². The van der Waals surface area contributed by atoms with Crippen LogP contribution in [0.4, 0.5) is 5.69 Å². The van der Waals surface area contributed by atoms with Crippen molar-refractivity contribution in [3.05, 3.63) is 55.6 Å². The van der Waals surface area contributed by atoms with Crippen LogP contribution in [0.15, 0.2) is 44.8 Å². The zero-order chi connectivity index (χ0) is 18.9. The Bertz CT molecular complexity index is 1050. The van der Waals surface area contributed by atoms with E-state index in [0.29, 0.717) is 5.02 Å². The fourth-order valence-electron chi connectivity index (χ4n) is 2.40. The van der Waals surface area contributed by atoms with E-state index in [9.17, 15) is 13.2 Å². The van der Waals surface area contributed by atoms with Crippen molar-refractivity contribution in [3.63, 3.8) is 0 Å². The highest BCUT2D eigenvalue weighted by Gasteiger charge is 2.23. The lowest BCUT2D eigenvalue weighted by Crippen LogP contribution is -2.16. The molecule has 26 heavy (non-hydrogen) atoms. The minimum Gasteiger partial charge on any atom is -0.324 e. The molecule has 3 aromatic rings. The first-order valence-electron chi connectivity index (χ1n) is 7.57. The molecule has 1 aromatic carbocycles. The number of halogens is 1. The molecule has 0 unspecified atom stereocenters. The van der Waals surface area contributed by atoms with Crippen LogP contribution in [0.2, 0.25) is 5.02 Å². The molecule has 0 aliphatic heterocycles. The summed E-state index contributed by atoms with van der Waals surface area (Å²) in [5.74, 6) is -0.275. The number of hydrogen-bond donors (Lipinski definition) is 1. The number of thiazole rings is 1. The van der Waals surface area contributed by atoms with Gasteiger partial charge in [-0.05, 0) is 38.1 Å². The predicted molar refractivity (Wildman–Crippen MR) is 105 cm³/mol. The highest BCUT2D eigenvalue weighted by Crippen LogP contribution is 2.32. The second kappa shape index (κ2) is 7.48. The molecule has 1 N–H and O–H groups in total. The number of nitrogens with zero attached hydrogens (tertiary/aromatic N) is 1. The van der Waals surface area contributed by atoms with E-state index in [1.807, 2.05) is 13.8 Å². The maximum Gasteiger partial charge on any atom is 0.229 e. The van der Waals surface area contributed by atoms with E-state index in [-0.39, 0.29) is 27.8 Å². The van der Waals surface area contributed by atoms with Gasteiger partial charge in [-0.3, -0.25) is 4.79 Å². The molecule has 1 amide bonds. The average molecular weight is 427 g/mol. The van der Waals surface area contributed by atoms with Gasteiger partial charge >= 0.3 is 0 Å². The number of aromatic nitrogens is 1. The van der Waals surface area contributed by atoms with Crippen molar-refractivity contribution in [1.82, 2.24) is 4.98 Å². The van der Waals surface area contributed by atoms with Crippen LogP contribution in [0.5, 0.6) is 0 Å². The summed E-state index contributed by atoms with van der Waals surface area (Å²) in [7, 11) is -3.74. The zero-order valence-corrected chi connectivity index (χ0v) is 17.2. The fourth-order valence-corrected chi connectivity index (χ4v) is 6.00. The topological polar surface area (TPSA) is 76.1 Å². The first kappa shape index (κ1) is 19.0. The summed E-state index contributed by atoms with van der Waals surface area (Å²) < 4.78 is 25.7. The molecule has 5 nitrogen and oxygen atoms in total. The van der Waals surface area contributed by atoms with Gasteiger partial charge in [-0.15, -0.1) is 22.7 Å². The molecule has 2 aromatic heterocycles. The number of benzene rings is 1. The number of aryl methyl sites for hydroxylation is 2. The number of thiophene rings is 1. The van der Waals surface area contributed by atoms with Crippen molar-refractivity contribution in [2.45, 2.75) is 30.1 Å². The van der Waals surface area contributed by atoms with Crippen LogP contribution in [-0.2, 0) is 21.1 Å². The second-order valence-electron chi connectivity index (χ2n) is 5.57. The average Bonchev–Trinajstić information content (AvgIpc) is 3.14. The van der Waals surface area contributed by atoms with Gasteiger partial charge < -0.3 is 5.32 Å². The van der Waals surface area contributed by atoms with Gasteiger partial charge in [0.05, 0.1) is 27.7 Å². The van der Waals surface area contributed by atoms with E-state index in [1.165, 1.54) is 52.3 Å². The van der Waals surface area contributed by atoms with Gasteiger partial charge in [0, 0.05) is 20.7 Å². The van der Waals surface area contributed by atoms with Gasteiger partial charge in [-0.25, -0.2) is 13.4 Å². The van der Waals surface area contributed by atoms with Crippen LogP contribution < -0.4 is 5.32 Å². The van der Waals surface area contributed by atoms with E-state index in [0.717, 1.165) is 15.6 Å².